The third kappa shape index (κ3) is 2.69. The lowest BCUT2D eigenvalue weighted by molar-refractivity contribution is 0.543. The van der Waals surface area contributed by atoms with Gasteiger partial charge in [0.25, 0.3) is 0 Å². The molecule has 8 heavy (non-hydrogen) atoms. The molecule has 48 valence electrons. The molecule has 0 aliphatic rings. The van der Waals surface area contributed by atoms with E-state index in [4.69, 9.17) is 0 Å². The van der Waals surface area contributed by atoms with Gasteiger partial charge in [0.2, 0.25) is 0 Å². The van der Waals surface area contributed by atoms with Gasteiger partial charge in [0, 0.05) is 0 Å². The van der Waals surface area contributed by atoms with Crippen molar-refractivity contribution in [3.63, 3.8) is 0 Å². The summed E-state index contributed by atoms with van der Waals surface area (Å²) in [5.41, 5.74) is 0. The number of nitrogens with zero attached hydrogens (tertiary/aromatic N) is 2. The first-order valence-corrected chi connectivity index (χ1v) is 3.44. The largest absolute Gasteiger partial charge is 0.389 e. The van der Waals surface area contributed by atoms with E-state index in [9.17, 15) is 0 Å². The van der Waals surface area contributed by atoms with Gasteiger partial charge in [-0.2, -0.15) is 0 Å². The highest BCUT2D eigenvalue weighted by molar-refractivity contribution is 9.24. The minimum atomic E-state index is 0.350. The summed E-state index contributed by atoms with van der Waals surface area (Å²) in [6.45, 7) is 0. The maximum atomic E-state index is 3.46. The summed E-state index contributed by atoms with van der Waals surface area (Å²) in [5.74, 6) is 0.350. The van der Waals surface area contributed by atoms with Gasteiger partial charge in [-0.1, -0.05) is 0 Å². The average Bonchev–Trinajstić information content (AvgIpc) is 1.64. The van der Waals surface area contributed by atoms with Crippen LogP contribution in [0, 0.1) is 0 Å². The van der Waals surface area contributed by atoms with Gasteiger partial charge in [0.1, 0.15) is 0 Å². The normalized spacial score (nSPS) is 10.9. The molecule has 0 amide bonds. The van der Waals surface area contributed by atoms with Crippen molar-refractivity contribution in [2.24, 2.45) is 0 Å². The smallest absolute Gasteiger partial charge is 0.324 e. The SMILES string of the molecule is CN(C)B(Br)N(C)C. The Kier molecular flexibility index (Phi) is 3.69. The number of hydrogen-bond acceptors (Lipinski definition) is 2. The van der Waals surface area contributed by atoms with Gasteiger partial charge < -0.3 is 9.62 Å². The third-order valence-corrected chi connectivity index (χ3v) is 2.49. The Hall–Kier alpha value is 0.465. The highest BCUT2D eigenvalue weighted by Crippen LogP contribution is 1.97. The number of hydrogen-bond donors (Lipinski definition) is 0. The Morgan fingerprint density at radius 1 is 1.00 bits per heavy atom. The summed E-state index contributed by atoms with van der Waals surface area (Å²) >= 11 is 3.46. The van der Waals surface area contributed by atoms with Crippen LogP contribution in [0.1, 0.15) is 0 Å². The maximum absolute atomic E-state index is 3.46. The molecular weight excluding hydrogens is 167 g/mol. The van der Waals surface area contributed by atoms with Crippen LogP contribution < -0.4 is 0 Å². The third-order valence-electron chi connectivity index (χ3n) is 0.852. The van der Waals surface area contributed by atoms with E-state index in [1.807, 2.05) is 28.2 Å². The highest BCUT2D eigenvalue weighted by atomic mass is 79.9. The molecule has 0 spiro atoms. The second-order valence-electron chi connectivity index (χ2n) is 2.24. The molecule has 0 aliphatic carbocycles. The maximum Gasteiger partial charge on any atom is 0.389 e. The minimum absolute atomic E-state index is 0.350. The van der Waals surface area contributed by atoms with Gasteiger partial charge >= 0.3 is 5.81 Å². The Morgan fingerprint density at radius 2 is 1.25 bits per heavy atom. The van der Waals surface area contributed by atoms with E-state index in [-0.39, 0.29) is 0 Å². The lowest BCUT2D eigenvalue weighted by Crippen LogP contribution is -2.40. The standard InChI is InChI=1S/C4H12BBrN2/c1-7(2)5(6)8(3)4/h1-4H3. The van der Waals surface area contributed by atoms with Crippen molar-refractivity contribution in [1.29, 1.82) is 0 Å². The summed E-state index contributed by atoms with van der Waals surface area (Å²) in [7, 11) is 8.11. The molecule has 0 aromatic carbocycles. The van der Waals surface area contributed by atoms with Gasteiger partial charge in [-0.15, -0.1) is 15.8 Å². The van der Waals surface area contributed by atoms with Crippen molar-refractivity contribution in [3.8, 4) is 0 Å². The van der Waals surface area contributed by atoms with Crippen molar-refractivity contribution >= 4 is 21.6 Å². The fourth-order valence-corrected chi connectivity index (χ4v) is 0.462. The molecule has 0 saturated heterocycles. The predicted molar refractivity (Wildman–Crippen MR) is 42.1 cm³/mol. The number of halogens is 1. The summed E-state index contributed by atoms with van der Waals surface area (Å²) < 4.78 is 0. The molecule has 0 aliphatic heterocycles. The summed E-state index contributed by atoms with van der Waals surface area (Å²) in [4.78, 5) is 4.17. The lowest BCUT2D eigenvalue weighted by atomic mass is 10.1. The predicted octanol–water partition coefficient (Wildman–Crippen LogP) is 0.489. The van der Waals surface area contributed by atoms with Crippen molar-refractivity contribution in [3.05, 3.63) is 0 Å². The van der Waals surface area contributed by atoms with E-state index in [2.05, 4.69) is 25.4 Å². The van der Waals surface area contributed by atoms with E-state index in [1.165, 1.54) is 0 Å². The zero-order valence-corrected chi connectivity index (χ0v) is 7.44. The van der Waals surface area contributed by atoms with Crippen LogP contribution in [-0.2, 0) is 0 Å². The van der Waals surface area contributed by atoms with Crippen LogP contribution >= 0.6 is 15.8 Å². The molecule has 0 heterocycles. The Bertz CT molecular complexity index is 59.1. The molecule has 0 unspecified atom stereocenters. The van der Waals surface area contributed by atoms with Crippen LogP contribution in [0.5, 0.6) is 0 Å². The van der Waals surface area contributed by atoms with E-state index >= 15 is 0 Å². The van der Waals surface area contributed by atoms with E-state index in [1.54, 1.807) is 0 Å². The van der Waals surface area contributed by atoms with Crippen molar-refractivity contribution in [1.82, 2.24) is 9.62 Å². The van der Waals surface area contributed by atoms with E-state index < -0.39 is 0 Å². The fraction of sp³-hybridized carbons (Fsp3) is 1.00. The highest BCUT2D eigenvalue weighted by Gasteiger charge is 2.14. The first kappa shape index (κ1) is 8.46. The monoisotopic (exact) mass is 178 g/mol. The molecule has 0 bridgehead atoms. The van der Waals surface area contributed by atoms with E-state index in [0.717, 1.165) is 0 Å². The molecule has 2 nitrogen and oxygen atoms in total. The Balaban J connectivity index is 3.46. The number of rotatable bonds is 2. The molecule has 4 heteroatoms. The van der Waals surface area contributed by atoms with Crippen LogP contribution in [0.15, 0.2) is 0 Å². The van der Waals surface area contributed by atoms with E-state index in [0.29, 0.717) is 5.81 Å². The zero-order valence-electron chi connectivity index (χ0n) is 5.85. The molecule has 0 aromatic rings. The summed E-state index contributed by atoms with van der Waals surface area (Å²) in [6.07, 6.45) is 0. The van der Waals surface area contributed by atoms with Crippen LogP contribution in [0.2, 0.25) is 0 Å². The van der Waals surface area contributed by atoms with Gasteiger partial charge in [-0.3, -0.25) is 0 Å². The fourth-order valence-electron chi connectivity index (χ4n) is 0.462. The van der Waals surface area contributed by atoms with Crippen LogP contribution in [-0.4, -0.2) is 43.6 Å². The van der Waals surface area contributed by atoms with Gasteiger partial charge in [0.05, 0.1) is 0 Å². The quantitative estimate of drug-likeness (QED) is 0.569. The summed E-state index contributed by atoms with van der Waals surface area (Å²) in [5, 5.41) is 0. The molecule has 0 aromatic heterocycles. The second-order valence-corrected chi connectivity index (χ2v) is 3.06. The van der Waals surface area contributed by atoms with Gasteiger partial charge in [-0.05, 0) is 28.2 Å². The molecule has 0 radical (unpaired) electrons. The zero-order chi connectivity index (χ0) is 6.73. The molecule has 0 fully saturated rings. The average molecular weight is 179 g/mol. The first-order chi connectivity index (χ1) is 3.55. The Labute approximate surface area is 59.9 Å². The first-order valence-electron chi connectivity index (χ1n) is 2.52. The van der Waals surface area contributed by atoms with Crippen LogP contribution in [0.3, 0.4) is 0 Å². The van der Waals surface area contributed by atoms with Gasteiger partial charge in [-0.25, -0.2) is 0 Å². The minimum Gasteiger partial charge on any atom is -0.324 e. The van der Waals surface area contributed by atoms with Crippen molar-refractivity contribution in [2.45, 2.75) is 0 Å². The summed E-state index contributed by atoms with van der Waals surface area (Å²) in [6, 6.07) is 0. The van der Waals surface area contributed by atoms with Crippen LogP contribution in [0.4, 0.5) is 0 Å². The molecule has 0 atom stereocenters. The molecule has 0 rings (SSSR count). The second kappa shape index (κ2) is 3.48. The molecule has 0 N–H and O–H groups in total. The van der Waals surface area contributed by atoms with Crippen molar-refractivity contribution in [2.75, 3.05) is 28.2 Å². The Morgan fingerprint density at radius 3 is 1.25 bits per heavy atom. The van der Waals surface area contributed by atoms with Crippen molar-refractivity contribution < 1.29 is 0 Å². The lowest BCUT2D eigenvalue weighted by Gasteiger charge is -2.19. The molecule has 0 saturated carbocycles. The topological polar surface area (TPSA) is 6.48 Å². The molecular formula is C4H12BBrN2. The van der Waals surface area contributed by atoms with Crippen LogP contribution in [0.25, 0.3) is 0 Å². The van der Waals surface area contributed by atoms with Gasteiger partial charge in [0.15, 0.2) is 0 Å².